The van der Waals surface area contributed by atoms with Crippen LogP contribution in [-0.2, 0) is 0 Å². The summed E-state index contributed by atoms with van der Waals surface area (Å²) in [5, 5.41) is 5.49. The first-order valence-corrected chi connectivity index (χ1v) is 8.29. The van der Waals surface area contributed by atoms with Gasteiger partial charge in [-0.3, -0.25) is 9.89 Å². The molecule has 0 fully saturated rings. The molecule has 3 N–H and O–H groups in total. The summed E-state index contributed by atoms with van der Waals surface area (Å²) < 4.78 is 98.3. The van der Waals surface area contributed by atoms with E-state index in [9.17, 15) is 35.5 Å². The molecule has 6 nitrogen and oxygen atoms in total. The molecule has 0 aliphatic rings. The summed E-state index contributed by atoms with van der Waals surface area (Å²) in [4.78, 5) is 14.7. The third-order valence-electron chi connectivity index (χ3n) is 4.01. The summed E-state index contributed by atoms with van der Waals surface area (Å²) in [5.41, 5.74) is 3.79. The second-order valence-electron chi connectivity index (χ2n) is 6.15. The number of carbonyl (C=O) groups is 1. The molecular formula is C18H11F7N4O2. The number of aromatic amines is 1. The number of carbonyl (C=O) groups excluding carboxylic acids is 1. The maximum atomic E-state index is 14.6. The molecule has 0 aliphatic heterocycles. The molecule has 0 bridgehead atoms. The van der Waals surface area contributed by atoms with E-state index < -0.39 is 59.2 Å². The topological polar surface area (TPSA) is 93.9 Å². The summed E-state index contributed by atoms with van der Waals surface area (Å²) in [6, 6.07) is 7.76. The SMILES string of the molecule is NC(=O)c1nc(-c2c(F)c(F)cc(-c3ccccc3)c2OCC(F)(F)C(F)(F)F)n[nH]1. The Kier molecular flexibility index (Phi) is 5.61. The number of ether oxygens (including phenoxy) is 1. The van der Waals surface area contributed by atoms with Crippen LogP contribution in [0.3, 0.4) is 0 Å². The lowest BCUT2D eigenvalue weighted by Crippen LogP contribution is -2.41. The number of benzene rings is 2. The lowest BCUT2D eigenvalue weighted by molar-refractivity contribution is -0.289. The van der Waals surface area contributed by atoms with Gasteiger partial charge in [0.2, 0.25) is 5.82 Å². The van der Waals surface area contributed by atoms with Crippen LogP contribution in [0.2, 0.25) is 0 Å². The molecule has 0 radical (unpaired) electrons. The molecule has 0 saturated carbocycles. The molecule has 0 saturated heterocycles. The molecule has 31 heavy (non-hydrogen) atoms. The van der Waals surface area contributed by atoms with Gasteiger partial charge in [-0.05, 0) is 11.6 Å². The fourth-order valence-electron chi connectivity index (χ4n) is 2.52. The predicted molar refractivity (Wildman–Crippen MR) is 92.2 cm³/mol. The van der Waals surface area contributed by atoms with Gasteiger partial charge in [0.15, 0.2) is 24.1 Å². The predicted octanol–water partition coefficient (Wildman–Crippen LogP) is 4.09. The smallest absolute Gasteiger partial charge is 0.456 e. The van der Waals surface area contributed by atoms with Crippen molar-refractivity contribution >= 4 is 5.91 Å². The van der Waals surface area contributed by atoms with Crippen molar-refractivity contribution in [3.05, 3.63) is 53.9 Å². The molecular weight excluding hydrogens is 437 g/mol. The van der Waals surface area contributed by atoms with Crippen LogP contribution >= 0.6 is 0 Å². The number of alkyl halides is 5. The van der Waals surface area contributed by atoms with Crippen LogP contribution in [0.4, 0.5) is 30.7 Å². The number of aromatic nitrogens is 3. The number of rotatable bonds is 6. The summed E-state index contributed by atoms with van der Waals surface area (Å²) in [6.07, 6.45) is -5.96. The first-order chi connectivity index (χ1) is 14.4. The zero-order valence-electron chi connectivity index (χ0n) is 15.1. The summed E-state index contributed by atoms with van der Waals surface area (Å²) >= 11 is 0. The monoisotopic (exact) mass is 448 g/mol. The van der Waals surface area contributed by atoms with Crippen molar-refractivity contribution in [2.75, 3.05) is 6.61 Å². The Hall–Kier alpha value is -3.64. The highest BCUT2D eigenvalue weighted by atomic mass is 19.4. The number of halogens is 7. The Bertz CT molecular complexity index is 1110. The Balaban J connectivity index is 2.23. The lowest BCUT2D eigenvalue weighted by atomic mass is 10.00. The number of nitrogens with two attached hydrogens (primary N) is 1. The minimum absolute atomic E-state index is 0.110. The van der Waals surface area contributed by atoms with Crippen LogP contribution in [-0.4, -0.2) is 39.8 Å². The standard InChI is InChI=1S/C18H11F7N4O2/c19-10-6-9(8-4-2-1-3-5-8)13(31-7-17(21,22)18(23,24)25)11(12(10)20)15-27-16(14(26)30)29-28-15/h1-6H,7H2,(H2,26,30)(H,27,28,29). The fourth-order valence-corrected chi connectivity index (χ4v) is 2.52. The van der Waals surface area contributed by atoms with Crippen LogP contribution in [0.5, 0.6) is 5.75 Å². The van der Waals surface area contributed by atoms with E-state index in [1.807, 2.05) is 5.10 Å². The Morgan fingerprint density at radius 2 is 1.74 bits per heavy atom. The van der Waals surface area contributed by atoms with Crippen LogP contribution in [0.25, 0.3) is 22.5 Å². The van der Waals surface area contributed by atoms with E-state index in [2.05, 4.69) is 14.8 Å². The van der Waals surface area contributed by atoms with Gasteiger partial charge in [0, 0.05) is 5.56 Å². The molecule has 164 valence electrons. The molecule has 2 aromatic carbocycles. The van der Waals surface area contributed by atoms with Crippen molar-refractivity contribution < 1.29 is 40.3 Å². The van der Waals surface area contributed by atoms with Gasteiger partial charge in [0.25, 0.3) is 5.91 Å². The van der Waals surface area contributed by atoms with Crippen molar-refractivity contribution in [1.29, 1.82) is 0 Å². The van der Waals surface area contributed by atoms with E-state index >= 15 is 0 Å². The minimum Gasteiger partial charge on any atom is -0.485 e. The average molecular weight is 448 g/mol. The Morgan fingerprint density at radius 1 is 1.10 bits per heavy atom. The van der Waals surface area contributed by atoms with E-state index in [-0.39, 0.29) is 11.1 Å². The average Bonchev–Trinajstić information content (AvgIpc) is 3.18. The van der Waals surface area contributed by atoms with Crippen molar-refractivity contribution in [3.63, 3.8) is 0 Å². The number of amides is 1. The zero-order valence-corrected chi connectivity index (χ0v) is 15.1. The number of hydrogen-bond acceptors (Lipinski definition) is 4. The number of nitrogens with zero attached hydrogens (tertiary/aromatic N) is 2. The van der Waals surface area contributed by atoms with Crippen molar-refractivity contribution in [3.8, 4) is 28.3 Å². The van der Waals surface area contributed by atoms with E-state index in [4.69, 9.17) is 5.73 Å². The second-order valence-corrected chi connectivity index (χ2v) is 6.15. The molecule has 1 aromatic heterocycles. The van der Waals surface area contributed by atoms with Crippen LogP contribution < -0.4 is 10.5 Å². The maximum absolute atomic E-state index is 14.6. The van der Waals surface area contributed by atoms with Crippen LogP contribution in [0, 0.1) is 11.6 Å². The molecule has 0 unspecified atom stereocenters. The van der Waals surface area contributed by atoms with Gasteiger partial charge in [-0.2, -0.15) is 27.1 Å². The first kappa shape index (κ1) is 22.1. The Morgan fingerprint density at radius 3 is 2.29 bits per heavy atom. The van der Waals surface area contributed by atoms with Gasteiger partial charge in [-0.15, -0.1) is 0 Å². The van der Waals surface area contributed by atoms with Crippen molar-refractivity contribution in [2.45, 2.75) is 12.1 Å². The highest BCUT2D eigenvalue weighted by Gasteiger charge is 2.58. The zero-order chi connectivity index (χ0) is 23.0. The largest absolute Gasteiger partial charge is 0.485 e. The quantitative estimate of drug-likeness (QED) is 0.556. The number of nitrogens with one attached hydrogen (secondary N) is 1. The minimum atomic E-state index is -5.96. The highest BCUT2D eigenvalue weighted by molar-refractivity contribution is 5.89. The van der Waals surface area contributed by atoms with Crippen LogP contribution in [0.1, 0.15) is 10.6 Å². The molecule has 0 atom stereocenters. The Labute approximate surface area is 168 Å². The second kappa shape index (κ2) is 7.89. The summed E-state index contributed by atoms with van der Waals surface area (Å²) in [7, 11) is 0. The normalized spacial score (nSPS) is 12.1. The van der Waals surface area contributed by atoms with Gasteiger partial charge in [-0.25, -0.2) is 13.8 Å². The van der Waals surface area contributed by atoms with E-state index in [1.165, 1.54) is 24.3 Å². The van der Waals surface area contributed by atoms with Crippen molar-refractivity contribution in [2.24, 2.45) is 5.73 Å². The molecule has 1 heterocycles. The van der Waals surface area contributed by atoms with E-state index in [1.54, 1.807) is 6.07 Å². The third kappa shape index (κ3) is 4.29. The summed E-state index contributed by atoms with van der Waals surface area (Å²) in [6.45, 7) is -2.23. The molecule has 13 heteroatoms. The number of primary amides is 1. The fraction of sp³-hybridized carbons (Fsp3) is 0.167. The van der Waals surface area contributed by atoms with Crippen molar-refractivity contribution in [1.82, 2.24) is 15.2 Å². The summed E-state index contributed by atoms with van der Waals surface area (Å²) in [5.74, 6) is -11.8. The lowest BCUT2D eigenvalue weighted by Gasteiger charge is -2.22. The van der Waals surface area contributed by atoms with Crippen LogP contribution in [0.15, 0.2) is 36.4 Å². The molecule has 1 amide bonds. The van der Waals surface area contributed by atoms with Gasteiger partial charge in [0.1, 0.15) is 11.3 Å². The van der Waals surface area contributed by atoms with Gasteiger partial charge >= 0.3 is 12.1 Å². The molecule has 3 aromatic rings. The number of H-pyrrole nitrogens is 1. The van der Waals surface area contributed by atoms with Gasteiger partial charge in [-0.1, -0.05) is 30.3 Å². The third-order valence-corrected chi connectivity index (χ3v) is 4.01. The van der Waals surface area contributed by atoms with E-state index in [0.717, 1.165) is 0 Å². The first-order valence-electron chi connectivity index (χ1n) is 8.29. The number of hydrogen-bond donors (Lipinski definition) is 2. The maximum Gasteiger partial charge on any atom is 0.456 e. The molecule has 3 rings (SSSR count). The van der Waals surface area contributed by atoms with E-state index in [0.29, 0.717) is 6.07 Å². The highest BCUT2D eigenvalue weighted by Crippen LogP contribution is 2.43. The molecule has 0 spiro atoms. The van der Waals surface area contributed by atoms with Gasteiger partial charge in [0.05, 0.1) is 0 Å². The molecule has 0 aliphatic carbocycles. The van der Waals surface area contributed by atoms with Gasteiger partial charge < -0.3 is 10.5 Å².